The van der Waals surface area contributed by atoms with Gasteiger partial charge in [-0.3, -0.25) is 5.32 Å². The molecular formula is C29H28N2O5S2. The molecule has 0 aliphatic carbocycles. The van der Waals surface area contributed by atoms with Crippen LogP contribution in [0, 0.1) is 0 Å². The highest BCUT2D eigenvalue weighted by atomic mass is 32.2. The van der Waals surface area contributed by atoms with E-state index < -0.39 is 12.4 Å². The van der Waals surface area contributed by atoms with Gasteiger partial charge in [-0.2, -0.15) is 0 Å². The molecular weight excluding hydrogens is 520 g/mol. The highest BCUT2D eigenvalue weighted by molar-refractivity contribution is 8.01. The number of fused-ring (bicyclic) bond motifs is 1. The van der Waals surface area contributed by atoms with Crippen LogP contribution in [0.2, 0.25) is 0 Å². The second-order valence-electron chi connectivity index (χ2n) is 8.75. The van der Waals surface area contributed by atoms with E-state index in [1.165, 1.54) is 10.8 Å². The fourth-order valence-electron chi connectivity index (χ4n) is 4.15. The number of thioether (sulfide) groups is 1. The third kappa shape index (κ3) is 6.61. The molecule has 38 heavy (non-hydrogen) atoms. The summed E-state index contributed by atoms with van der Waals surface area (Å²) in [6, 6.07) is 23.3. The molecule has 4 aromatic rings. The largest absolute Gasteiger partial charge is 0.445 e. The van der Waals surface area contributed by atoms with Crippen LogP contribution in [0.5, 0.6) is 0 Å². The first-order valence-electron chi connectivity index (χ1n) is 12.2. The summed E-state index contributed by atoms with van der Waals surface area (Å²) in [6.07, 6.45) is 0.717. The van der Waals surface area contributed by atoms with E-state index in [-0.39, 0.29) is 25.4 Å². The Morgan fingerprint density at radius 2 is 1.97 bits per heavy atom. The van der Waals surface area contributed by atoms with Crippen LogP contribution < -0.4 is 5.32 Å². The lowest BCUT2D eigenvalue weighted by atomic mass is 10.0. The van der Waals surface area contributed by atoms with Crippen molar-refractivity contribution in [3.05, 3.63) is 102 Å². The molecule has 1 fully saturated rings. The Hall–Kier alpha value is -3.21. The number of aliphatic hydroxyl groups excluding tert-OH is 1. The van der Waals surface area contributed by atoms with Gasteiger partial charge < -0.3 is 19.3 Å². The molecule has 3 aromatic carbocycles. The average molecular weight is 549 g/mol. The molecule has 1 aliphatic heterocycles. The Morgan fingerprint density at radius 1 is 1.13 bits per heavy atom. The van der Waals surface area contributed by atoms with Crippen molar-refractivity contribution < 1.29 is 24.1 Å². The van der Waals surface area contributed by atoms with E-state index in [1.54, 1.807) is 29.2 Å². The average Bonchev–Trinajstić information content (AvgIpc) is 3.38. The van der Waals surface area contributed by atoms with Crippen LogP contribution in [0.4, 0.5) is 10.5 Å². The first kappa shape index (κ1) is 26.4. The summed E-state index contributed by atoms with van der Waals surface area (Å²) in [5, 5.41) is 12.2. The summed E-state index contributed by atoms with van der Waals surface area (Å²) in [4.78, 5) is 16.8. The van der Waals surface area contributed by atoms with Crippen LogP contribution in [0.1, 0.15) is 35.5 Å². The van der Waals surface area contributed by atoms with Crippen molar-refractivity contribution in [1.82, 2.24) is 4.98 Å². The lowest BCUT2D eigenvalue weighted by molar-refractivity contribution is -0.245. The van der Waals surface area contributed by atoms with Crippen LogP contribution in [-0.2, 0) is 20.8 Å². The highest BCUT2D eigenvalue weighted by Gasteiger charge is 2.32. The normalized spacial score (nSPS) is 19.2. The van der Waals surface area contributed by atoms with Gasteiger partial charge in [-0.1, -0.05) is 72.9 Å². The van der Waals surface area contributed by atoms with Gasteiger partial charge >= 0.3 is 6.09 Å². The Bertz CT molecular complexity index is 1360. The third-order valence-corrected chi connectivity index (χ3v) is 8.33. The zero-order valence-electron chi connectivity index (χ0n) is 20.6. The minimum absolute atomic E-state index is 0.00595. The number of nitrogens with one attached hydrogen (secondary N) is 1. The Balaban J connectivity index is 1.34. The molecule has 1 amide bonds. The van der Waals surface area contributed by atoms with Crippen LogP contribution in [-0.4, -0.2) is 34.6 Å². The molecule has 0 unspecified atom stereocenters. The predicted octanol–water partition coefficient (Wildman–Crippen LogP) is 6.86. The van der Waals surface area contributed by atoms with Crippen molar-refractivity contribution >= 4 is 45.1 Å². The minimum atomic E-state index is -0.627. The summed E-state index contributed by atoms with van der Waals surface area (Å²) in [6.45, 7) is 3.68. The number of hydrogen-bond acceptors (Lipinski definition) is 8. The van der Waals surface area contributed by atoms with Crippen molar-refractivity contribution in [3.63, 3.8) is 0 Å². The molecule has 1 aromatic heterocycles. The molecule has 7 nitrogen and oxygen atoms in total. The quantitative estimate of drug-likeness (QED) is 0.174. The number of nitrogens with zero attached hydrogens (tertiary/aromatic N) is 1. The van der Waals surface area contributed by atoms with Gasteiger partial charge in [0.2, 0.25) is 0 Å². The fraction of sp³-hybridized carbons (Fsp3) is 0.241. The molecule has 3 atom stereocenters. The number of aliphatic hydroxyl groups is 1. The second-order valence-corrected chi connectivity index (χ2v) is 11.0. The summed E-state index contributed by atoms with van der Waals surface area (Å²) in [5.74, 6) is 0.719. The maximum Gasteiger partial charge on any atom is 0.411 e. The number of hydrogen-bond donors (Lipinski definition) is 2. The summed E-state index contributed by atoms with van der Waals surface area (Å²) in [5.41, 5.74) is 4.25. The molecule has 0 spiro atoms. The summed E-state index contributed by atoms with van der Waals surface area (Å²) < 4.78 is 20.1. The van der Waals surface area contributed by atoms with Crippen LogP contribution in [0.3, 0.4) is 0 Å². The van der Waals surface area contributed by atoms with Gasteiger partial charge in [0.05, 0.1) is 29.0 Å². The number of rotatable bonds is 9. The van der Waals surface area contributed by atoms with Gasteiger partial charge in [-0.05, 0) is 35.4 Å². The van der Waals surface area contributed by atoms with Gasteiger partial charge in [0, 0.05) is 23.4 Å². The van der Waals surface area contributed by atoms with E-state index in [0.717, 1.165) is 32.3 Å². The minimum Gasteiger partial charge on any atom is -0.445 e. The third-order valence-electron chi connectivity index (χ3n) is 6.02. The van der Waals surface area contributed by atoms with Crippen molar-refractivity contribution in [3.8, 4) is 0 Å². The topological polar surface area (TPSA) is 89.9 Å². The van der Waals surface area contributed by atoms with Crippen LogP contribution in [0.25, 0.3) is 10.2 Å². The molecule has 2 heterocycles. The SMILES string of the molecule is C=CCOC(=O)Nc1cccc([C@@H]2O[C@H](CSc3nc4ccccc4s3)C[C@H](c3ccc(CO)cc3)O2)c1. The van der Waals surface area contributed by atoms with Crippen LogP contribution in [0.15, 0.2) is 89.8 Å². The molecule has 0 radical (unpaired) electrons. The standard InChI is InChI=1S/C29H28N2O5S2/c1-2-14-34-28(33)30-22-7-5-6-21(15-22)27-35-23(16-25(36-27)20-12-10-19(17-32)11-13-20)18-37-29-31-24-8-3-4-9-26(24)38-29/h2-13,15,23,25,27,32H,1,14,16-18H2,(H,30,33)/t23-,25+,27+/m0/s1. The molecule has 1 saturated heterocycles. The van der Waals surface area contributed by atoms with Gasteiger partial charge in [0.25, 0.3) is 0 Å². The fourth-order valence-corrected chi connectivity index (χ4v) is 6.26. The molecule has 1 aliphatic rings. The number of anilines is 1. The first-order valence-corrected chi connectivity index (χ1v) is 14.0. The van der Waals surface area contributed by atoms with Gasteiger partial charge in [-0.25, -0.2) is 9.78 Å². The van der Waals surface area contributed by atoms with Gasteiger partial charge in [0.15, 0.2) is 10.6 Å². The van der Waals surface area contributed by atoms with Crippen LogP contribution >= 0.6 is 23.1 Å². The number of carbonyl (C=O) groups is 1. The number of ether oxygens (including phenoxy) is 3. The number of thiazole rings is 1. The van der Waals surface area contributed by atoms with Gasteiger partial charge in [0.1, 0.15) is 6.61 Å². The van der Waals surface area contributed by atoms with Crippen molar-refractivity contribution in [2.75, 3.05) is 17.7 Å². The number of aromatic nitrogens is 1. The zero-order chi connectivity index (χ0) is 26.3. The van der Waals surface area contributed by atoms with Crippen molar-refractivity contribution in [1.29, 1.82) is 0 Å². The second kappa shape index (κ2) is 12.6. The Labute approximate surface area is 229 Å². The Morgan fingerprint density at radius 3 is 2.76 bits per heavy atom. The number of benzene rings is 3. The van der Waals surface area contributed by atoms with E-state index in [2.05, 4.69) is 18.0 Å². The number of amides is 1. The molecule has 2 N–H and O–H groups in total. The highest BCUT2D eigenvalue weighted by Crippen LogP contribution is 2.40. The summed E-state index contributed by atoms with van der Waals surface area (Å²) in [7, 11) is 0. The molecule has 0 bridgehead atoms. The van der Waals surface area contributed by atoms with Crippen molar-refractivity contribution in [2.24, 2.45) is 0 Å². The smallest absolute Gasteiger partial charge is 0.411 e. The maximum absolute atomic E-state index is 12.0. The Kier molecular flexibility index (Phi) is 8.72. The molecule has 196 valence electrons. The van der Waals surface area contributed by atoms with E-state index in [9.17, 15) is 9.90 Å². The lowest BCUT2D eigenvalue weighted by Gasteiger charge is -2.36. The molecule has 0 saturated carbocycles. The van der Waals surface area contributed by atoms with Crippen molar-refractivity contribution in [2.45, 2.75) is 35.9 Å². The van der Waals surface area contributed by atoms with Gasteiger partial charge in [-0.15, -0.1) is 11.3 Å². The van der Waals surface area contributed by atoms with E-state index in [4.69, 9.17) is 19.2 Å². The number of carbonyl (C=O) groups excluding carboxylic acids is 1. The van der Waals surface area contributed by atoms with E-state index in [1.807, 2.05) is 60.7 Å². The zero-order valence-corrected chi connectivity index (χ0v) is 22.3. The molecule has 9 heteroatoms. The van der Waals surface area contributed by atoms with E-state index >= 15 is 0 Å². The summed E-state index contributed by atoms with van der Waals surface area (Å²) >= 11 is 3.37. The molecule has 5 rings (SSSR count). The lowest BCUT2D eigenvalue weighted by Crippen LogP contribution is -2.31. The monoisotopic (exact) mass is 548 g/mol. The van der Waals surface area contributed by atoms with E-state index in [0.29, 0.717) is 12.1 Å². The first-order chi connectivity index (χ1) is 18.6. The predicted molar refractivity (Wildman–Crippen MR) is 150 cm³/mol. The maximum atomic E-state index is 12.0. The number of para-hydroxylation sites is 1.